The highest BCUT2D eigenvalue weighted by molar-refractivity contribution is 6.04. The molecule has 3 heteroatoms. The predicted molar refractivity (Wildman–Crippen MR) is 75.5 cm³/mol. The summed E-state index contributed by atoms with van der Waals surface area (Å²) in [6.07, 6.45) is 5.12. The van der Waals surface area contributed by atoms with E-state index < -0.39 is 0 Å². The molecular formula is C16H16N2O. The lowest BCUT2D eigenvalue weighted by atomic mass is 9.97. The summed E-state index contributed by atoms with van der Waals surface area (Å²) in [5, 5.41) is 0. The van der Waals surface area contributed by atoms with Crippen LogP contribution in [0.25, 0.3) is 11.3 Å². The van der Waals surface area contributed by atoms with Crippen molar-refractivity contribution in [3.8, 4) is 11.3 Å². The molecule has 1 fully saturated rings. The highest BCUT2D eigenvalue weighted by atomic mass is 16.1. The monoisotopic (exact) mass is 252 g/mol. The first kappa shape index (κ1) is 10.9. The third-order valence-corrected chi connectivity index (χ3v) is 4.08. The van der Waals surface area contributed by atoms with Crippen LogP contribution in [-0.2, 0) is 0 Å². The lowest BCUT2D eigenvalue weighted by molar-refractivity contribution is 0.0980. The number of aromatic amines is 1. The number of fused-ring (bicyclic) bond motifs is 1. The van der Waals surface area contributed by atoms with Gasteiger partial charge in [0.1, 0.15) is 0 Å². The van der Waals surface area contributed by atoms with Crippen LogP contribution in [-0.4, -0.2) is 23.4 Å². The van der Waals surface area contributed by atoms with E-state index in [0.717, 1.165) is 29.1 Å². The fraction of sp³-hybridized carbons (Fsp3) is 0.312. The van der Waals surface area contributed by atoms with E-state index in [0.29, 0.717) is 12.5 Å². The molecule has 2 heterocycles. The molecule has 1 aliphatic heterocycles. The van der Waals surface area contributed by atoms with E-state index in [1.165, 1.54) is 12.8 Å². The highest BCUT2D eigenvalue weighted by Gasteiger charge is 2.34. The van der Waals surface area contributed by atoms with Crippen LogP contribution in [0, 0.1) is 0 Å². The summed E-state index contributed by atoms with van der Waals surface area (Å²) in [4.78, 5) is 17.7. The molecule has 1 N–H and O–H groups in total. The van der Waals surface area contributed by atoms with Gasteiger partial charge in [-0.05, 0) is 37.1 Å². The van der Waals surface area contributed by atoms with Crippen LogP contribution in [0.4, 0.5) is 5.69 Å². The van der Waals surface area contributed by atoms with Crippen LogP contribution < -0.4 is 4.90 Å². The summed E-state index contributed by atoms with van der Waals surface area (Å²) in [5.74, 6) is 0.282. The zero-order valence-electron chi connectivity index (χ0n) is 10.7. The third kappa shape index (κ3) is 1.77. The number of ketones is 1. The van der Waals surface area contributed by atoms with Crippen molar-refractivity contribution in [3.05, 3.63) is 42.1 Å². The molecule has 1 aromatic heterocycles. The normalized spacial score (nSPS) is 18.5. The molecule has 0 saturated heterocycles. The Hall–Kier alpha value is -2.03. The van der Waals surface area contributed by atoms with Crippen LogP contribution >= 0.6 is 0 Å². The van der Waals surface area contributed by atoms with Crippen molar-refractivity contribution in [2.24, 2.45) is 0 Å². The van der Waals surface area contributed by atoms with Gasteiger partial charge in [-0.3, -0.25) is 4.79 Å². The minimum atomic E-state index is 0.282. The van der Waals surface area contributed by atoms with Gasteiger partial charge in [0.2, 0.25) is 0 Å². The first-order chi connectivity index (χ1) is 9.33. The number of carbonyl (C=O) groups is 1. The zero-order chi connectivity index (χ0) is 12.8. The van der Waals surface area contributed by atoms with Gasteiger partial charge in [-0.25, -0.2) is 0 Å². The van der Waals surface area contributed by atoms with E-state index in [-0.39, 0.29) is 5.78 Å². The molecule has 0 bridgehead atoms. The zero-order valence-corrected chi connectivity index (χ0v) is 10.7. The van der Waals surface area contributed by atoms with Crippen LogP contribution in [0.2, 0.25) is 0 Å². The number of H-pyrrole nitrogens is 1. The molecule has 1 aliphatic carbocycles. The average molecular weight is 252 g/mol. The van der Waals surface area contributed by atoms with Crippen LogP contribution in [0.3, 0.4) is 0 Å². The van der Waals surface area contributed by atoms with E-state index in [4.69, 9.17) is 0 Å². The van der Waals surface area contributed by atoms with Gasteiger partial charge >= 0.3 is 0 Å². The molecule has 2 aliphatic rings. The van der Waals surface area contributed by atoms with E-state index >= 15 is 0 Å². The number of nitrogens with one attached hydrogen (secondary N) is 1. The molecule has 0 radical (unpaired) electrons. The predicted octanol–water partition coefficient (Wildman–Crippen LogP) is 3.24. The maximum absolute atomic E-state index is 12.0. The summed E-state index contributed by atoms with van der Waals surface area (Å²) >= 11 is 0. The molecule has 0 atom stereocenters. The van der Waals surface area contributed by atoms with Gasteiger partial charge in [-0.1, -0.05) is 6.07 Å². The fourth-order valence-electron chi connectivity index (χ4n) is 2.93. The Bertz CT molecular complexity index is 626. The second kappa shape index (κ2) is 3.98. The van der Waals surface area contributed by atoms with Crippen molar-refractivity contribution in [1.29, 1.82) is 0 Å². The first-order valence-corrected chi connectivity index (χ1v) is 6.90. The number of nitrogens with zero attached hydrogens (tertiary/aromatic N) is 1. The van der Waals surface area contributed by atoms with Gasteiger partial charge in [0.05, 0.1) is 0 Å². The van der Waals surface area contributed by atoms with Crippen LogP contribution in [0.1, 0.15) is 29.6 Å². The Labute approximate surface area is 112 Å². The summed E-state index contributed by atoms with van der Waals surface area (Å²) < 4.78 is 0. The number of Topliss-reactive ketones (excluding diaryl/α,β-unsaturated/α-hetero) is 1. The molecule has 0 amide bonds. The summed E-state index contributed by atoms with van der Waals surface area (Å²) in [5.41, 5.74) is 4.29. The molecular weight excluding hydrogens is 236 g/mol. The van der Waals surface area contributed by atoms with E-state index in [2.05, 4.69) is 22.0 Å². The minimum absolute atomic E-state index is 0.282. The number of anilines is 1. The average Bonchev–Trinajstić information content (AvgIpc) is 3.13. The molecule has 0 spiro atoms. The van der Waals surface area contributed by atoms with Gasteiger partial charge in [-0.15, -0.1) is 0 Å². The standard InChI is InChI=1S/C16H16N2O/c19-16-7-9-18(12-4-5-12)15-10-11(3-6-13(15)16)14-2-1-8-17-14/h1-3,6,8,10,12,17H,4-5,7,9H2. The van der Waals surface area contributed by atoms with Crippen molar-refractivity contribution in [3.63, 3.8) is 0 Å². The molecule has 19 heavy (non-hydrogen) atoms. The Kier molecular flexibility index (Phi) is 2.28. The van der Waals surface area contributed by atoms with Gasteiger partial charge in [0, 0.05) is 47.7 Å². The maximum atomic E-state index is 12.0. The van der Waals surface area contributed by atoms with Crippen molar-refractivity contribution in [2.45, 2.75) is 25.3 Å². The second-order valence-electron chi connectivity index (χ2n) is 5.41. The van der Waals surface area contributed by atoms with Gasteiger partial charge in [-0.2, -0.15) is 0 Å². The lowest BCUT2D eigenvalue weighted by Gasteiger charge is -2.31. The van der Waals surface area contributed by atoms with Gasteiger partial charge in [0.25, 0.3) is 0 Å². The molecule has 4 rings (SSSR count). The Morgan fingerprint density at radius 2 is 2.11 bits per heavy atom. The Balaban J connectivity index is 1.82. The van der Waals surface area contributed by atoms with Crippen molar-refractivity contribution >= 4 is 11.5 Å². The van der Waals surface area contributed by atoms with E-state index in [9.17, 15) is 4.79 Å². The molecule has 3 nitrogen and oxygen atoms in total. The molecule has 2 aromatic rings. The van der Waals surface area contributed by atoms with Crippen LogP contribution in [0.15, 0.2) is 36.5 Å². The fourth-order valence-corrected chi connectivity index (χ4v) is 2.93. The number of benzene rings is 1. The maximum Gasteiger partial charge on any atom is 0.166 e. The summed E-state index contributed by atoms with van der Waals surface area (Å²) in [7, 11) is 0. The summed E-state index contributed by atoms with van der Waals surface area (Å²) in [6, 6.07) is 10.9. The topological polar surface area (TPSA) is 36.1 Å². The smallest absolute Gasteiger partial charge is 0.166 e. The number of rotatable bonds is 2. The van der Waals surface area contributed by atoms with Crippen LogP contribution in [0.5, 0.6) is 0 Å². The van der Waals surface area contributed by atoms with E-state index in [1.54, 1.807) is 0 Å². The number of hydrogen-bond acceptors (Lipinski definition) is 2. The largest absolute Gasteiger partial charge is 0.367 e. The Morgan fingerprint density at radius 3 is 2.84 bits per heavy atom. The second-order valence-corrected chi connectivity index (χ2v) is 5.41. The first-order valence-electron chi connectivity index (χ1n) is 6.90. The quantitative estimate of drug-likeness (QED) is 0.890. The lowest BCUT2D eigenvalue weighted by Crippen LogP contribution is -2.33. The number of carbonyl (C=O) groups excluding carboxylic acids is 1. The SMILES string of the molecule is O=C1CCN(C2CC2)c2cc(-c3ccc[nH]3)ccc21. The Morgan fingerprint density at radius 1 is 1.21 bits per heavy atom. The molecule has 96 valence electrons. The molecule has 0 unspecified atom stereocenters. The molecule has 1 saturated carbocycles. The number of hydrogen-bond donors (Lipinski definition) is 1. The minimum Gasteiger partial charge on any atom is -0.367 e. The third-order valence-electron chi connectivity index (χ3n) is 4.08. The van der Waals surface area contributed by atoms with Crippen molar-refractivity contribution < 1.29 is 4.79 Å². The van der Waals surface area contributed by atoms with Crippen molar-refractivity contribution in [1.82, 2.24) is 4.98 Å². The number of aromatic nitrogens is 1. The van der Waals surface area contributed by atoms with Crippen molar-refractivity contribution in [2.75, 3.05) is 11.4 Å². The van der Waals surface area contributed by atoms with Gasteiger partial charge < -0.3 is 9.88 Å². The van der Waals surface area contributed by atoms with E-state index in [1.807, 2.05) is 24.4 Å². The highest BCUT2D eigenvalue weighted by Crippen LogP contribution is 2.38. The molecule has 1 aromatic carbocycles. The summed E-state index contributed by atoms with van der Waals surface area (Å²) in [6.45, 7) is 0.880. The van der Waals surface area contributed by atoms with Gasteiger partial charge in [0.15, 0.2) is 5.78 Å².